The normalized spacial score (nSPS) is 15.8. The summed E-state index contributed by atoms with van der Waals surface area (Å²) in [6.45, 7) is 0.750. The molecule has 0 radical (unpaired) electrons. The van der Waals surface area contributed by atoms with Gasteiger partial charge in [-0.1, -0.05) is 35.9 Å². The van der Waals surface area contributed by atoms with Crippen LogP contribution in [0.3, 0.4) is 0 Å². The number of nitrogens with one attached hydrogen (secondary N) is 3. The van der Waals surface area contributed by atoms with E-state index in [-0.39, 0.29) is 23.8 Å². The summed E-state index contributed by atoms with van der Waals surface area (Å²) in [5.74, 6) is -0.686. The third-order valence-electron chi connectivity index (χ3n) is 5.67. The van der Waals surface area contributed by atoms with Crippen LogP contribution in [0.1, 0.15) is 18.4 Å². The number of H-pyrrole nitrogens is 1. The quantitative estimate of drug-likeness (QED) is 0.474. The number of carbonyl (C=O) groups is 2. The third kappa shape index (κ3) is 5.38. The van der Waals surface area contributed by atoms with Crippen molar-refractivity contribution in [1.29, 1.82) is 0 Å². The zero-order valence-electron chi connectivity index (χ0n) is 17.9. The highest BCUT2D eigenvalue weighted by Gasteiger charge is 2.31. The molecule has 2 aromatic carbocycles. The van der Waals surface area contributed by atoms with E-state index < -0.39 is 22.0 Å². The van der Waals surface area contributed by atoms with Crippen molar-refractivity contribution in [2.45, 2.75) is 30.2 Å². The summed E-state index contributed by atoms with van der Waals surface area (Å²) in [5, 5.41) is 3.82. The summed E-state index contributed by atoms with van der Waals surface area (Å²) < 4.78 is 29.3. The SMILES string of the molecule is O=C1CN(C(=O)C(CCc2ccccc2Cl)NS(=O)(=O)c2cccc3[nH]ccc23)CCCN1. The smallest absolute Gasteiger partial charge is 0.241 e. The van der Waals surface area contributed by atoms with Crippen molar-refractivity contribution in [3.63, 3.8) is 0 Å². The Labute approximate surface area is 197 Å². The first-order valence-electron chi connectivity index (χ1n) is 10.7. The van der Waals surface area contributed by atoms with Crippen LogP contribution in [0.15, 0.2) is 59.6 Å². The van der Waals surface area contributed by atoms with Crippen molar-refractivity contribution >= 4 is 44.3 Å². The first kappa shape index (κ1) is 23.3. The second kappa shape index (κ2) is 9.94. The molecule has 174 valence electrons. The van der Waals surface area contributed by atoms with Crippen molar-refractivity contribution in [3.05, 3.63) is 65.3 Å². The van der Waals surface area contributed by atoms with E-state index in [9.17, 15) is 18.0 Å². The largest absolute Gasteiger partial charge is 0.361 e. The van der Waals surface area contributed by atoms with Gasteiger partial charge in [0.15, 0.2) is 0 Å². The van der Waals surface area contributed by atoms with Gasteiger partial charge in [-0.25, -0.2) is 8.42 Å². The topological polar surface area (TPSA) is 111 Å². The molecule has 0 bridgehead atoms. The van der Waals surface area contributed by atoms with E-state index in [2.05, 4.69) is 15.0 Å². The minimum Gasteiger partial charge on any atom is -0.361 e. The average Bonchev–Trinajstić information content (AvgIpc) is 3.17. The molecule has 0 aliphatic carbocycles. The molecule has 2 heterocycles. The van der Waals surface area contributed by atoms with Gasteiger partial charge in [0.2, 0.25) is 21.8 Å². The Morgan fingerprint density at radius 1 is 1.15 bits per heavy atom. The van der Waals surface area contributed by atoms with E-state index in [4.69, 9.17) is 11.6 Å². The van der Waals surface area contributed by atoms with Gasteiger partial charge in [-0.3, -0.25) is 9.59 Å². The van der Waals surface area contributed by atoms with E-state index in [0.29, 0.717) is 41.9 Å². The van der Waals surface area contributed by atoms with Gasteiger partial charge in [0.05, 0.1) is 11.4 Å². The summed E-state index contributed by atoms with van der Waals surface area (Å²) in [6, 6.07) is 12.8. The van der Waals surface area contributed by atoms with Crippen LogP contribution in [-0.4, -0.2) is 55.8 Å². The number of benzene rings is 2. The van der Waals surface area contributed by atoms with E-state index in [1.54, 1.807) is 30.5 Å². The lowest BCUT2D eigenvalue weighted by Crippen LogP contribution is -2.50. The summed E-state index contributed by atoms with van der Waals surface area (Å²) in [7, 11) is -4.03. The molecule has 3 N–H and O–H groups in total. The summed E-state index contributed by atoms with van der Waals surface area (Å²) in [5.41, 5.74) is 1.50. The summed E-state index contributed by atoms with van der Waals surface area (Å²) >= 11 is 6.27. The van der Waals surface area contributed by atoms with Crippen LogP contribution >= 0.6 is 11.6 Å². The third-order valence-corrected chi connectivity index (χ3v) is 7.57. The second-order valence-corrected chi connectivity index (χ2v) is 10.1. The van der Waals surface area contributed by atoms with Crippen molar-refractivity contribution in [3.8, 4) is 0 Å². The number of sulfonamides is 1. The predicted octanol–water partition coefficient (Wildman–Crippen LogP) is 2.45. The first-order valence-corrected chi connectivity index (χ1v) is 12.6. The number of nitrogens with zero attached hydrogens (tertiary/aromatic N) is 1. The van der Waals surface area contributed by atoms with E-state index in [1.165, 1.54) is 11.0 Å². The Kier molecular flexibility index (Phi) is 7.02. The summed E-state index contributed by atoms with van der Waals surface area (Å²) in [4.78, 5) is 29.9. The van der Waals surface area contributed by atoms with Crippen LogP contribution in [0.4, 0.5) is 0 Å². The van der Waals surface area contributed by atoms with Gasteiger partial charge in [0, 0.05) is 35.2 Å². The minimum absolute atomic E-state index is 0.0883. The predicted molar refractivity (Wildman–Crippen MR) is 126 cm³/mol. The molecule has 1 atom stereocenters. The minimum atomic E-state index is -4.03. The number of aromatic amines is 1. The van der Waals surface area contributed by atoms with Crippen molar-refractivity contribution in [1.82, 2.24) is 19.9 Å². The Morgan fingerprint density at radius 2 is 1.97 bits per heavy atom. The Morgan fingerprint density at radius 3 is 2.79 bits per heavy atom. The van der Waals surface area contributed by atoms with Gasteiger partial charge in [0.1, 0.15) is 6.04 Å². The number of hydrogen-bond acceptors (Lipinski definition) is 4. The molecule has 1 fully saturated rings. The highest BCUT2D eigenvalue weighted by molar-refractivity contribution is 7.89. The zero-order valence-corrected chi connectivity index (χ0v) is 19.5. The molecular formula is C23H25ClN4O4S. The lowest BCUT2D eigenvalue weighted by atomic mass is 10.0. The number of fused-ring (bicyclic) bond motifs is 1. The standard InChI is InChI=1S/C23H25ClN4O4S/c24-18-6-2-1-5-16(18)9-10-20(23(30)28-14-4-12-26-22(29)15-28)27-33(31,32)21-8-3-7-19-17(21)11-13-25-19/h1-3,5-8,11,13,20,25,27H,4,9-10,12,14-15H2,(H,26,29). The van der Waals surface area contributed by atoms with Crippen LogP contribution in [0.25, 0.3) is 10.9 Å². The number of aryl methyl sites for hydroxylation is 1. The monoisotopic (exact) mass is 488 g/mol. The molecule has 0 saturated carbocycles. The first-order chi connectivity index (χ1) is 15.8. The van der Waals surface area contributed by atoms with E-state index in [0.717, 1.165) is 5.56 Å². The Hall–Kier alpha value is -2.88. The Bertz CT molecular complexity index is 1270. The van der Waals surface area contributed by atoms with Crippen LogP contribution < -0.4 is 10.0 Å². The fourth-order valence-electron chi connectivity index (χ4n) is 3.99. The van der Waals surface area contributed by atoms with Gasteiger partial charge in [-0.05, 0) is 49.1 Å². The second-order valence-electron chi connectivity index (χ2n) is 7.96. The van der Waals surface area contributed by atoms with Crippen LogP contribution in [0.2, 0.25) is 5.02 Å². The van der Waals surface area contributed by atoms with Gasteiger partial charge in [0.25, 0.3) is 0 Å². The fraction of sp³-hybridized carbons (Fsp3) is 0.304. The number of amides is 2. The lowest BCUT2D eigenvalue weighted by Gasteiger charge is -2.26. The molecule has 10 heteroatoms. The van der Waals surface area contributed by atoms with Gasteiger partial charge < -0.3 is 15.2 Å². The van der Waals surface area contributed by atoms with Gasteiger partial charge in [-0.15, -0.1) is 0 Å². The highest BCUT2D eigenvalue weighted by Crippen LogP contribution is 2.23. The maximum Gasteiger partial charge on any atom is 0.241 e. The van der Waals surface area contributed by atoms with E-state index >= 15 is 0 Å². The van der Waals surface area contributed by atoms with E-state index in [1.807, 2.05) is 18.2 Å². The molecule has 8 nitrogen and oxygen atoms in total. The van der Waals surface area contributed by atoms with Gasteiger partial charge >= 0.3 is 0 Å². The molecule has 1 unspecified atom stereocenters. The van der Waals surface area contributed by atoms with Gasteiger partial charge in [-0.2, -0.15) is 4.72 Å². The van der Waals surface area contributed by atoms with Crippen LogP contribution in [0, 0.1) is 0 Å². The van der Waals surface area contributed by atoms with Crippen LogP contribution in [0.5, 0.6) is 0 Å². The number of aromatic nitrogens is 1. The molecule has 0 spiro atoms. The van der Waals surface area contributed by atoms with Crippen LogP contribution in [-0.2, 0) is 26.0 Å². The summed E-state index contributed by atoms with van der Waals surface area (Å²) in [6.07, 6.45) is 2.86. The molecular weight excluding hydrogens is 464 g/mol. The van der Waals surface area contributed by atoms with Crippen molar-refractivity contribution < 1.29 is 18.0 Å². The molecule has 3 aromatic rings. The molecule has 33 heavy (non-hydrogen) atoms. The molecule has 1 aliphatic rings. The number of halogens is 1. The molecule has 1 aromatic heterocycles. The average molecular weight is 489 g/mol. The fourth-order valence-corrected chi connectivity index (χ4v) is 5.67. The van der Waals surface area contributed by atoms with Crippen molar-refractivity contribution in [2.24, 2.45) is 0 Å². The molecule has 1 saturated heterocycles. The molecule has 2 amide bonds. The number of rotatable bonds is 7. The zero-order chi connectivity index (χ0) is 23.4. The number of hydrogen-bond donors (Lipinski definition) is 3. The van der Waals surface area contributed by atoms with Crippen molar-refractivity contribution in [2.75, 3.05) is 19.6 Å². The molecule has 4 rings (SSSR count). The highest BCUT2D eigenvalue weighted by atomic mass is 35.5. The maximum atomic E-state index is 13.4. The Balaban J connectivity index is 1.62. The lowest BCUT2D eigenvalue weighted by molar-refractivity contribution is -0.136. The molecule has 1 aliphatic heterocycles. The number of carbonyl (C=O) groups excluding carboxylic acids is 2. The maximum absolute atomic E-state index is 13.4.